The second kappa shape index (κ2) is 7.19. The number of piperidine rings is 3. The molecular weight excluding hydrogens is 369 g/mol. The SMILES string of the molecule is CC[C@H]1CN2CC[C@H]1C[C@H]2[C@H](O)c1ccnc2cc(C(F)(F)F)c(OC)cc12. The normalized spacial score (nSPS) is 28.5. The maximum atomic E-state index is 13.3. The Morgan fingerprint density at radius 1 is 1.36 bits per heavy atom. The van der Waals surface area contributed by atoms with E-state index in [4.69, 9.17) is 4.74 Å². The van der Waals surface area contributed by atoms with E-state index in [-0.39, 0.29) is 17.3 Å². The van der Waals surface area contributed by atoms with Gasteiger partial charge in [0.05, 0.1) is 24.3 Å². The van der Waals surface area contributed by atoms with Crippen molar-refractivity contribution in [3.8, 4) is 5.75 Å². The van der Waals surface area contributed by atoms with Crippen LogP contribution in [0.3, 0.4) is 0 Å². The Kier molecular flexibility index (Phi) is 5.00. The first-order valence-corrected chi connectivity index (χ1v) is 9.79. The molecule has 0 saturated carbocycles. The summed E-state index contributed by atoms with van der Waals surface area (Å²) >= 11 is 0. The van der Waals surface area contributed by atoms with Crippen molar-refractivity contribution in [1.29, 1.82) is 0 Å². The molecule has 0 amide bonds. The van der Waals surface area contributed by atoms with Crippen LogP contribution in [0.25, 0.3) is 10.9 Å². The molecule has 5 rings (SSSR count). The molecule has 3 saturated heterocycles. The summed E-state index contributed by atoms with van der Waals surface area (Å²) in [5.41, 5.74) is -0.0254. The number of benzene rings is 1. The number of pyridine rings is 1. The number of halogens is 3. The highest BCUT2D eigenvalue weighted by molar-refractivity contribution is 5.85. The van der Waals surface area contributed by atoms with Gasteiger partial charge in [-0.25, -0.2) is 0 Å². The van der Waals surface area contributed by atoms with Crippen molar-refractivity contribution in [2.45, 2.75) is 44.5 Å². The van der Waals surface area contributed by atoms with Crippen LogP contribution in [0.15, 0.2) is 24.4 Å². The first-order chi connectivity index (χ1) is 13.3. The van der Waals surface area contributed by atoms with Crippen molar-refractivity contribution in [2.24, 2.45) is 11.8 Å². The number of aliphatic hydroxyl groups excluding tert-OH is 1. The highest BCUT2D eigenvalue weighted by atomic mass is 19.4. The number of fused-ring (bicyclic) bond motifs is 4. The number of alkyl halides is 3. The van der Waals surface area contributed by atoms with Crippen molar-refractivity contribution in [2.75, 3.05) is 20.2 Å². The first kappa shape index (κ1) is 19.5. The molecule has 152 valence electrons. The summed E-state index contributed by atoms with van der Waals surface area (Å²) < 4.78 is 45.0. The Bertz CT molecular complexity index is 871. The Labute approximate surface area is 162 Å². The van der Waals surface area contributed by atoms with Crippen LogP contribution in [0.2, 0.25) is 0 Å². The Morgan fingerprint density at radius 3 is 2.75 bits per heavy atom. The molecule has 0 aliphatic carbocycles. The molecule has 4 nitrogen and oxygen atoms in total. The van der Waals surface area contributed by atoms with Crippen molar-refractivity contribution in [3.05, 3.63) is 35.5 Å². The standard InChI is InChI=1S/C21H25F3N2O2/c1-3-12-11-26-7-5-13(12)8-18(26)20(27)14-4-6-25-17-10-16(21(22,23)24)19(28-2)9-15(14)17/h4,6,9-10,12-13,18,20,27H,3,5,7-8,11H2,1-2H3/t12-,13-,18-,20+/m0/s1. The molecule has 1 unspecified atom stereocenters. The molecule has 2 aromatic rings. The second-order valence-electron chi connectivity index (χ2n) is 7.93. The fourth-order valence-electron chi connectivity index (χ4n) is 5.02. The molecular formula is C21H25F3N2O2. The van der Waals surface area contributed by atoms with Gasteiger partial charge in [0.25, 0.3) is 0 Å². The number of aliphatic hydroxyl groups is 1. The average molecular weight is 394 g/mol. The number of hydrogen-bond acceptors (Lipinski definition) is 4. The lowest BCUT2D eigenvalue weighted by Gasteiger charge is -2.51. The quantitative estimate of drug-likeness (QED) is 0.834. The van der Waals surface area contributed by atoms with Gasteiger partial charge in [0, 0.05) is 24.2 Å². The third-order valence-corrected chi connectivity index (χ3v) is 6.55. The van der Waals surface area contributed by atoms with Gasteiger partial charge >= 0.3 is 6.18 Å². The minimum absolute atomic E-state index is 0.0135. The molecule has 3 aliphatic rings. The maximum Gasteiger partial charge on any atom is 0.420 e. The predicted octanol–water partition coefficient (Wildman–Crippen LogP) is 4.42. The van der Waals surface area contributed by atoms with Crippen LogP contribution < -0.4 is 4.74 Å². The molecule has 0 spiro atoms. The summed E-state index contributed by atoms with van der Waals surface area (Å²) in [4.78, 5) is 6.45. The van der Waals surface area contributed by atoms with Crippen LogP contribution in [0.5, 0.6) is 5.75 Å². The van der Waals surface area contributed by atoms with Crippen LogP contribution in [-0.2, 0) is 6.18 Å². The Morgan fingerprint density at radius 2 is 2.14 bits per heavy atom. The van der Waals surface area contributed by atoms with Crippen LogP contribution in [0, 0.1) is 11.8 Å². The van der Waals surface area contributed by atoms with Gasteiger partial charge in [0.2, 0.25) is 0 Å². The second-order valence-corrected chi connectivity index (χ2v) is 7.93. The third-order valence-electron chi connectivity index (χ3n) is 6.55. The fraction of sp³-hybridized carbons (Fsp3) is 0.571. The highest BCUT2D eigenvalue weighted by Crippen LogP contribution is 2.44. The summed E-state index contributed by atoms with van der Waals surface area (Å²) in [6, 6.07) is 4.06. The molecule has 3 fully saturated rings. The summed E-state index contributed by atoms with van der Waals surface area (Å²) in [7, 11) is 1.22. The zero-order valence-electron chi connectivity index (χ0n) is 16.0. The molecule has 1 aromatic carbocycles. The number of aromatic nitrogens is 1. The van der Waals surface area contributed by atoms with E-state index in [1.165, 1.54) is 19.4 Å². The lowest BCUT2D eigenvalue weighted by atomic mass is 9.72. The summed E-state index contributed by atoms with van der Waals surface area (Å²) in [6.45, 7) is 4.15. The van der Waals surface area contributed by atoms with E-state index < -0.39 is 17.8 Å². The number of ether oxygens (including phenoxy) is 1. The van der Waals surface area contributed by atoms with E-state index >= 15 is 0 Å². The van der Waals surface area contributed by atoms with Crippen LogP contribution >= 0.6 is 0 Å². The Hall–Kier alpha value is -1.86. The van der Waals surface area contributed by atoms with Crippen molar-refractivity contribution in [3.63, 3.8) is 0 Å². The zero-order valence-corrected chi connectivity index (χ0v) is 16.0. The number of rotatable bonds is 4. The first-order valence-electron chi connectivity index (χ1n) is 9.79. The van der Waals surface area contributed by atoms with E-state index in [1.54, 1.807) is 6.07 Å². The lowest BCUT2D eigenvalue weighted by molar-refractivity contribution is -0.138. The van der Waals surface area contributed by atoms with Crippen LogP contribution in [0.4, 0.5) is 13.2 Å². The topological polar surface area (TPSA) is 45.6 Å². The van der Waals surface area contributed by atoms with Gasteiger partial charge in [0.1, 0.15) is 5.75 Å². The van der Waals surface area contributed by atoms with Gasteiger partial charge in [-0.1, -0.05) is 13.3 Å². The number of nitrogens with zero attached hydrogens (tertiary/aromatic N) is 2. The molecule has 2 bridgehead atoms. The van der Waals surface area contributed by atoms with Crippen LogP contribution in [0.1, 0.15) is 43.4 Å². The van der Waals surface area contributed by atoms with Gasteiger partial charge in [-0.3, -0.25) is 9.88 Å². The molecule has 4 heterocycles. The van der Waals surface area contributed by atoms with Crippen LogP contribution in [-0.4, -0.2) is 41.2 Å². The largest absolute Gasteiger partial charge is 0.496 e. The van der Waals surface area contributed by atoms with Gasteiger partial charge in [-0.2, -0.15) is 13.2 Å². The van der Waals surface area contributed by atoms with E-state index in [0.717, 1.165) is 38.4 Å². The van der Waals surface area contributed by atoms with E-state index in [0.29, 0.717) is 22.8 Å². The van der Waals surface area contributed by atoms with Crippen molar-refractivity contribution < 1.29 is 23.0 Å². The molecule has 1 N–H and O–H groups in total. The highest BCUT2D eigenvalue weighted by Gasteiger charge is 2.43. The molecule has 28 heavy (non-hydrogen) atoms. The van der Waals surface area contributed by atoms with Crippen molar-refractivity contribution >= 4 is 10.9 Å². The monoisotopic (exact) mass is 394 g/mol. The zero-order chi connectivity index (χ0) is 20.1. The molecule has 1 aromatic heterocycles. The minimum Gasteiger partial charge on any atom is -0.496 e. The van der Waals surface area contributed by atoms with Gasteiger partial charge < -0.3 is 9.84 Å². The summed E-state index contributed by atoms with van der Waals surface area (Å²) in [5, 5.41) is 11.7. The predicted molar refractivity (Wildman–Crippen MR) is 100 cm³/mol. The van der Waals surface area contributed by atoms with E-state index in [2.05, 4.69) is 16.8 Å². The molecule has 7 heteroatoms. The van der Waals surface area contributed by atoms with Gasteiger partial charge in [-0.15, -0.1) is 0 Å². The lowest BCUT2D eigenvalue weighted by Crippen LogP contribution is -2.55. The minimum atomic E-state index is -4.53. The number of hydrogen-bond donors (Lipinski definition) is 1. The van der Waals surface area contributed by atoms with E-state index in [1.807, 2.05) is 0 Å². The average Bonchev–Trinajstić information content (AvgIpc) is 2.71. The molecule has 3 aliphatic heterocycles. The van der Waals surface area contributed by atoms with Crippen molar-refractivity contribution in [1.82, 2.24) is 9.88 Å². The van der Waals surface area contributed by atoms with Gasteiger partial charge in [-0.05, 0) is 55.0 Å². The smallest absolute Gasteiger partial charge is 0.420 e. The Balaban J connectivity index is 1.73. The molecule has 0 radical (unpaired) electrons. The third kappa shape index (κ3) is 3.24. The van der Waals surface area contributed by atoms with Gasteiger partial charge in [0.15, 0.2) is 0 Å². The van der Waals surface area contributed by atoms with E-state index in [9.17, 15) is 18.3 Å². The maximum absolute atomic E-state index is 13.3. The summed E-state index contributed by atoms with van der Waals surface area (Å²) in [6.07, 6.45) is -0.618. The summed E-state index contributed by atoms with van der Waals surface area (Å²) in [5.74, 6) is 1.02. The molecule has 5 atom stereocenters. The fourth-order valence-corrected chi connectivity index (χ4v) is 5.02. The number of methoxy groups -OCH3 is 1.